The van der Waals surface area contributed by atoms with Crippen LogP contribution in [-0.4, -0.2) is 280 Å². The van der Waals surface area contributed by atoms with Crippen LogP contribution in [0.2, 0.25) is 0 Å². The number of carboxylic acid groups (broad SMARTS) is 2. The minimum atomic E-state index is -1.98. The summed E-state index contributed by atoms with van der Waals surface area (Å²) in [5.41, 5.74) is 2.50. The minimum Gasteiger partial charge on any atom is -0.481 e. The highest BCUT2D eigenvalue weighted by atomic mass is 33.1. The summed E-state index contributed by atoms with van der Waals surface area (Å²) < 4.78 is 0. The van der Waals surface area contributed by atoms with Crippen LogP contribution in [0.15, 0.2) is 73.4 Å². The van der Waals surface area contributed by atoms with Gasteiger partial charge in [-0.05, 0) is 93.4 Å². The van der Waals surface area contributed by atoms with Crippen molar-refractivity contribution in [3.8, 4) is 0 Å². The van der Waals surface area contributed by atoms with E-state index in [2.05, 4.69) is 94.4 Å². The molecule has 9 rings (SSSR count). The summed E-state index contributed by atoms with van der Waals surface area (Å²) in [5, 5.41) is 70.3. The van der Waals surface area contributed by atoms with Gasteiger partial charge in [-0.3, -0.25) is 81.5 Å². The maximum Gasteiger partial charge on any atom is 0.305 e. The molecule has 0 saturated carbocycles. The molecule has 4 fully saturated rings. The number of hydrogen-bond donors (Lipinski definition) is 20. The molecule has 0 radical (unpaired) electrons. The number of aliphatic hydroxyl groups excluding tert-OH is 1. The van der Waals surface area contributed by atoms with Gasteiger partial charge in [-0.15, -0.1) is 0 Å². The summed E-state index contributed by atoms with van der Waals surface area (Å²) in [6, 6.07) is -9.63. The van der Waals surface area contributed by atoms with E-state index in [-0.39, 0.29) is 82.3 Å². The molecule has 3 aromatic heterocycles. The number of benzene rings is 2. The van der Waals surface area contributed by atoms with Gasteiger partial charge in [-0.1, -0.05) is 113 Å². The van der Waals surface area contributed by atoms with E-state index in [1.807, 2.05) is 13.8 Å². The van der Waals surface area contributed by atoms with E-state index in [4.69, 9.17) is 0 Å². The van der Waals surface area contributed by atoms with Gasteiger partial charge in [0.2, 0.25) is 88.6 Å². The number of hydrogen-bond acceptors (Lipinski definition) is 22. The Hall–Kier alpha value is -11.7. The van der Waals surface area contributed by atoms with Crippen molar-refractivity contribution in [1.29, 1.82) is 0 Å². The number of aliphatic carboxylic acids is 2. The first-order chi connectivity index (χ1) is 58.8. The molecule has 16 unspecified atom stereocenters. The van der Waals surface area contributed by atoms with E-state index < -0.39 is 241 Å². The largest absolute Gasteiger partial charge is 0.481 e. The van der Waals surface area contributed by atoms with Crippen molar-refractivity contribution >= 4 is 144 Å². The van der Waals surface area contributed by atoms with Crippen LogP contribution in [0.1, 0.15) is 137 Å². The van der Waals surface area contributed by atoms with Crippen molar-refractivity contribution < 1.29 is 96.8 Å². The highest BCUT2D eigenvalue weighted by molar-refractivity contribution is 8.76. The quantitative estimate of drug-likeness (QED) is 0.0405. The van der Waals surface area contributed by atoms with Crippen LogP contribution >= 0.6 is 21.6 Å². The highest BCUT2D eigenvalue weighted by Gasteiger charge is 2.49. The van der Waals surface area contributed by atoms with Gasteiger partial charge < -0.3 is 115 Å². The number of carboxylic acids is 2. The molecule has 15 amide bonds. The monoisotopic (exact) mass is 1760 g/mol. The van der Waals surface area contributed by atoms with Gasteiger partial charge in [0.15, 0.2) is 0 Å². The summed E-state index contributed by atoms with van der Waals surface area (Å²) in [6.07, 6.45) is 0.934. The lowest BCUT2D eigenvalue weighted by molar-refractivity contribution is -0.149. The number of H-pyrrole nitrogens is 3. The second-order valence-corrected chi connectivity index (χ2v) is 35.8. The van der Waals surface area contributed by atoms with Crippen molar-refractivity contribution in [2.45, 2.75) is 243 Å². The third-order valence-electron chi connectivity index (χ3n) is 21.6. The Balaban J connectivity index is 1.15. The molecule has 4 saturated heterocycles. The number of fused-ring (bicyclic) bond motifs is 9. The molecule has 0 aliphatic carbocycles. The molecular weight excluding hydrogens is 1650 g/mol. The Morgan fingerprint density at radius 3 is 1.55 bits per heavy atom. The van der Waals surface area contributed by atoms with E-state index in [1.165, 1.54) is 31.3 Å². The molecule has 674 valence electrons. The number of aliphatic hydroxyl groups is 1. The van der Waals surface area contributed by atoms with E-state index in [0.717, 1.165) is 26.5 Å². The molecule has 124 heavy (non-hydrogen) atoms. The van der Waals surface area contributed by atoms with E-state index >= 15 is 33.6 Å². The van der Waals surface area contributed by atoms with Crippen molar-refractivity contribution in [1.82, 2.24) is 104 Å². The number of para-hydroxylation sites is 2. The van der Waals surface area contributed by atoms with Crippen molar-refractivity contribution in [2.24, 2.45) is 17.8 Å². The summed E-state index contributed by atoms with van der Waals surface area (Å²) in [4.78, 5) is 265. The van der Waals surface area contributed by atoms with E-state index in [1.54, 1.807) is 102 Å². The fourth-order valence-corrected chi connectivity index (χ4v) is 17.6. The second-order valence-electron chi connectivity index (χ2n) is 33.2. The molecule has 7 heterocycles. The minimum absolute atomic E-state index is 0.0346. The first kappa shape index (κ1) is 96.2. The maximum absolute atomic E-state index is 15.6. The standard InChI is InChI=1S/C82H114N20O20S2/c1-39(2)24-54-70(110)86-34-64(104)90-53(21-22-65(105)106)71(111)93-55(25-40(3)4)76(116)99-67(41(5)6)80(120)96-57(27-46-32-85-52-19-14-12-17-50(46)52)73(113)98-61-37-124-123-36-60(77(117)89-43(9)69(109)91-56(26-45-31-84-51-18-13-11-16-49(45)51)72(112)94-58(74(114)92-54)28-47-33-83-38-87-47)97-75(115)59(30-66(107)108)95-79(119)63-29-48(88-42(7)8)35-102(63)81(121)62-20-15-23-101(62)82(122)68(44(10)103)100-78(61)118/h11-14,16-19,31-33,38-44,48,53-63,67-68,84-85,88,103H,15,20-30,34-37H2,1-10H3,(H,83,87)(H,86,110)(H,89,117)(H,90,104)(H,91,109)(H,92,114)(H,93,111)(H,94,112)(H,95,119)(H,96,120)(H,97,115)(H,98,113)(H,99,116)(H,100,118)(H,105,106)(H,107,108). The number of imidazole rings is 1. The van der Waals surface area contributed by atoms with Crippen LogP contribution in [0.25, 0.3) is 21.8 Å². The zero-order valence-electron chi connectivity index (χ0n) is 70.7. The molecule has 2 bridgehead atoms. The smallest absolute Gasteiger partial charge is 0.305 e. The topological polar surface area (TPSA) is 586 Å². The molecule has 5 aromatic rings. The van der Waals surface area contributed by atoms with Crippen LogP contribution in [0, 0.1) is 17.8 Å². The number of amides is 15. The van der Waals surface area contributed by atoms with Crippen molar-refractivity contribution in [2.75, 3.05) is 31.1 Å². The number of carbonyl (C=O) groups excluding carboxylic acids is 15. The summed E-state index contributed by atoms with van der Waals surface area (Å²) in [6.45, 7) is 15.1. The van der Waals surface area contributed by atoms with Gasteiger partial charge in [-0.2, -0.15) is 0 Å². The van der Waals surface area contributed by atoms with Crippen LogP contribution < -0.4 is 74.4 Å². The van der Waals surface area contributed by atoms with Gasteiger partial charge in [0, 0.05) is 108 Å². The fraction of sp³-hybridized carbons (Fsp3) is 0.561. The fourth-order valence-electron chi connectivity index (χ4n) is 15.3. The highest BCUT2D eigenvalue weighted by Crippen LogP contribution is 2.30. The van der Waals surface area contributed by atoms with Gasteiger partial charge >= 0.3 is 11.9 Å². The number of nitrogens with one attached hydrogen (secondary N) is 17. The van der Waals surface area contributed by atoms with Crippen molar-refractivity contribution in [3.05, 3.63) is 90.3 Å². The Bertz CT molecular complexity index is 4710. The molecular formula is C82H114N20O20S2. The molecule has 2 aromatic carbocycles. The predicted molar refractivity (Wildman–Crippen MR) is 455 cm³/mol. The van der Waals surface area contributed by atoms with Gasteiger partial charge in [-0.25, -0.2) is 4.98 Å². The third kappa shape index (κ3) is 26.7. The summed E-state index contributed by atoms with van der Waals surface area (Å²) >= 11 is 0. The van der Waals surface area contributed by atoms with Crippen LogP contribution in [0.5, 0.6) is 0 Å². The number of nitrogens with zero attached hydrogens (tertiary/aromatic N) is 3. The Kier molecular flexibility index (Phi) is 34.6. The predicted octanol–water partition coefficient (Wildman–Crippen LogP) is -1.81. The molecule has 40 nitrogen and oxygen atoms in total. The zero-order valence-corrected chi connectivity index (χ0v) is 72.4. The molecule has 4 aliphatic heterocycles. The normalized spacial score (nSPS) is 26.7. The van der Waals surface area contributed by atoms with Crippen LogP contribution in [0.4, 0.5) is 0 Å². The van der Waals surface area contributed by atoms with Gasteiger partial charge in [0.05, 0.1) is 25.4 Å². The maximum atomic E-state index is 15.6. The summed E-state index contributed by atoms with van der Waals surface area (Å²) in [5.74, 6) is -20.6. The second kappa shape index (κ2) is 44.6. The van der Waals surface area contributed by atoms with E-state index in [0.29, 0.717) is 38.6 Å². The first-order valence-corrected chi connectivity index (χ1v) is 44.0. The Morgan fingerprint density at radius 2 is 1.01 bits per heavy atom. The Labute approximate surface area is 723 Å². The molecule has 4 aliphatic rings. The Morgan fingerprint density at radius 1 is 0.508 bits per heavy atom. The van der Waals surface area contributed by atoms with Crippen LogP contribution in [-0.2, 0) is 101 Å². The van der Waals surface area contributed by atoms with Gasteiger partial charge in [0.25, 0.3) is 0 Å². The number of carbonyl (C=O) groups is 17. The average molecular weight is 1760 g/mol. The van der Waals surface area contributed by atoms with Crippen LogP contribution in [0.3, 0.4) is 0 Å². The lowest BCUT2D eigenvalue weighted by Gasteiger charge is -2.34. The average Bonchev–Trinajstić information content (AvgIpc) is 1.63. The molecule has 16 atom stereocenters. The molecule has 42 heteroatoms. The lowest BCUT2D eigenvalue weighted by atomic mass is 9.98. The number of aromatic nitrogens is 4. The third-order valence-corrected chi connectivity index (χ3v) is 24.1. The van der Waals surface area contributed by atoms with Gasteiger partial charge in [0.1, 0.15) is 84.6 Å². The summed E-state index contributed by atoms with van der Waals surface area (Å²) in [7, 11) is 1.58. The molecule has 20 N–H and O–H groups in total. The number of rotatable bonds is 19. The molecule has 0 spiro atoms. The first-order valence-electron chi connectivity index (χ1n) is 41.5. The zero-order chi connectivity index (χ0) is 90.5. The van der Waals surface area contributed by atoms with E-state index in [9.17, 15) is 63.3 Å². The SMILES string of the molecule is CC(C)CC1NC(=O)C(Cc2cnc[nH]2)NC(=O)C(Cc2c[nH]c3ccccc23)NC(=O)C(C)NC(=O)C2CSSCC(NC(=O)C(Cc3c[nH]c4ccccc34)NC(=O)C(C(C)C)NC(=O)C(CC(C)C)NC(=O)C(CCC(=O)O)NC(=O)CNC1=O)C(=O)NC(C(C)O)C(=O)N1CCCC1C(=O)N1CC(NC(C)C)CC1C(=O)NC(CC(=O)O)C(=O)N2. The lowest BCUT2D eigenvalue weighted by Crippen LogP contribution is -2.63. The van der Waals surface area contributed by atoms with Crippen molar-refractivity contribution in [3.63, 3.8) is 0 Å². The number of aromatic amines is 3.